The Kier molecular flexibility index (Phi) is 11.5. The van der Waals surface area contributed by atoms with Gasteiger partial charge in [0.25, 0.3) is 0 Å². The third kappa shape index (κ3) is 8.49. The molecule has 2 aliphatic rings. The van der Waals surface area contributed by atoms with Crippen LogP contribution in [0.5, 0.6) is 5.75 Å². The van der Waals surface area contributed by atoms with Crippen LogP contribution in [0, 0.1) is 23.2 Å². The number of carbonyl (C=O) groups is 2. The van der Waals surface area contributed by atoms with Crippen LogP contribution in [0.3, 0.4) is 0 Å². The summed E-state index contributed by atoms with van der Waals surface area (Å²) in [6.45, 7) is 4.76. The molecular formula is C36H46N6O5. The number of pyridine rings is 1. The first-order chi connectivity index (χ1) is 22.8. The molecule has 0 atom stereocenters. The minimum absolute atomic E-state index is 0.0617. The molecule has 0 bridgehead atoms. The molecule has 0 spiro atoms. The highest BCUT2D eigenvalue weighted by atomic mass is 16.6. The Morgan fingerprint density at radius 3 is 2.51 bits per heavy atom. The molecule has 2 aliphatic carbocycles. The van der Waals surface area contributed by atoms with Gasteiger partial charge in [0.2, 0.25) is 5.91 Å². The molecule has 0 aliphatic heterocycles. The quantitative estimate of drug-likeness (QED) is 0.260. The number of hydrogen-bond acceptors (Lipinski definition) is 8. The number of carbonyl (C=O) groups excluding carboxylic acids is 2. The highest BCUT2D eigenvalue weighted by Gasteiger charge is 2.34. The standard InChI is InChI=1S/C36H46N6O5/c1-24(2)42-23-31(21-40-42)29-14-15-38-34(19-29)41(35(44)27-8-11-32(12-9-27)47-36(45)39-16-17-43)22-25-4-6-26(7-5-25)28-10-13-33(46-3)30(18-28)20-37/h10,13-15,18-19,21,23-27,32,43H,4-9,11-12,16-17,22H2,1-3H3,(H,39,45)/t25-,26-,27-,32-. The molecule has 11 heteroatoms. The molecule has 0 saturated heterocycles. The number of aromatic nitrogens is 3. The maximum Gasteiger partial charge on any atom is 0.407 e. The fourth-order valence-electron chi connectivity index (χ4n) is 6.81. The van der Waals surface area contributed by atoms with Crippen molar-refractivity contribution in [2.45, 2.75) is 83.3 Å². The van der Waals surface area contributed by atoms with Gasteiger partial charge in [-0.1, -0.05) is 6.07 Å². The Morgan fingerprint density at radius 1 is 1.09 bits per heavy atom. The van der Waals surface area contributed by atoms with E-state index in [4.69, 9.17) is 19.6 Å². The number of ether oxygens (including phenoxy) is 2. The van der Waals surface area contributed by atoms with Crippen LogP contribution in [0.4, 0.5) is 10.6 Å². The number of nitrogens with one attached hydrogen (secondary N) is 1. The van der Waals surface area contributed by atoms with E-state index in [2.05, 4.69) is 36.4 Å². The highest BCUT2D eigenvalue weighted by molar-refractivity contribution is 5.94. The third-order valence-electron chi connectivity index (χ3n) is 9.53. The van der Waals surface area contributed by atoms with Crippen LogP contribution in [0.15, 0.2) is 48.9 Å². The molecule has 11 nitrogen and oxygen atoms in total. The monoisotopic (exact) mass is 642 g/mol. The van der Waals surface area contributed by atoms with E-state index in [1.807, 2.05) is 46.2 Å². The zero-order valence-electron chi connectivity index (χ0n) is 27.6. The fourth-order valence-corrected chi connectivity index (χ4v) is 6.81. The second kappa shape index (κ2) is 15.9. The summed E-state index contributed by atoms with van der Waals surface area (Å²) < 4.78 is 12.8. The van der Waals surface area contributed by atoms with Crippen molar-refractivity contribution >= 4 is 17.8 Å². The average molecular weight is 643 g/mol. The number of nitrogens with zero attached hydrogens (tertiary/aromatic N) is 5. The summed E-state index contributed by atoms with van der Waals surface area (Å²) >= 11 is 0. The SMILES string of the molecule is COc1ccc([C@H]2CC[C@H](CN(c3cc(-c4cnn(C(C)C)c4)ccn3)C(=O)[C@H]3CC[C@H](OC(=O)NCCO)CC3)CC2)cc1C#N. The van der Waals surface area contributed by atoms with Gasteiger partial charge in [-0.25, -0.2) is 9.78 Å². The minimum atomic E-state index is -0.536. The molecule has 250 valence electrons. The third-order valence-corrected chi connectivity index (χ3v) is 9.53. The van der Waals surface area contributed by atoms with Gasteiger partial charge in [0.15, 0.2) is 0 Å². The van der Waals surface area contributed by atoms with E-state index in [9.17, 15) is 14.9 Å². The zero-order chi connectivity index (χ0) is 33.3. The summed E-state index contributed by atoms with van der Waals surface area (Å²) in [7, 11) is 1.58. The van der Waals surface area contributed by atoms with E-state index >= 15 is 0 Å². The van der Waals surface area contributed by atoms with Gasteiger partial charge in [0.1, 0.15) is 23.7 Å². The molecule has 2 amide bonds. The Morgan fingerprint density at radius 2 is 1.85 bits per heavy atom. The Balaban J connectivity index is 1.30. The molecule has 0 unspecified atom stereocenters. The molecule has 2 saturated carbocycles. The van der Waals surface area contributed by atoms with Crippen LogP contribution >= 0.6 is 0 Å². The number of methoxy groups -OCH3 is 1. The van der Waals surface area contributed by atoms with Crippen molar-refractivity contribution in [1.82, 2.24) is 20.1 Å². The van der Waals surface area contributed by atoms with Gasteiger partial charge in [0.05, 0.1) is 25.5 Å². The van der Waals surface area contributed by atoms with E-state index in [1.54, 1.807) is 13.3 Å². The number of aliphatic hydroxyl groups excluding tert-OH is 1. The van der Waals surface area contributed by atoms with E-state index in [0.717, 1.165) is 42.4 Å². The van der Waals surface area contributed by atoms with E-state index < -0.39 is 6.09 Å². The predicted molar refractivity (Wildman–Crippen MR) is 178 cm³/mol. The molecule has 47 heavy (non-hydrogen) atoms. The molecule has 1 aromatic carbocycles. The van der Waals surface area contributed by atoms with Gasteiger partial charge < -0.3 is 19.9 Å². The van der Waals surface area contributed by atoms with Crippen LogP contribution in [0.2, 0.25) is 0 Å². The van der Waals surface area contributed by atoms with Gasteiger partial charge in [-0.15, -0.1) is 0 Å². The summed E-state index contributed by atoms with van der Waals surface area (Å²) in [6, 6.07) is 12.3. The Bertz CT molecular complexity index is 1550. The minimum Gasteiger partial charge on any atom is -0.495 e. The summed E-state index contributed by atoms with van der Waals surface area (Å²) in [4.78, 5) is 32.9. The number of hydrogen-bond donors (Lipinski definition) is 2. The van der Waals surface area contributed by atoms with Crippen molar-refractivity contribution in [3.05, 3.63) is 60.0 Å². The first-order valence-electron chi connectivity index (χ1n) is 16.7. The summed E-state index contributed by atoms with van der Waals surface area (Å²) in [5.74, 6) is 1.78. The van der Waals surface area contributed by atoms with Crippen LogP contribution in [0.1, 0.15) is 88.3 Å². The Hall–Kier alpha value is -4.43. The second-order valence-electron chi connectivity index (χ2n) is 13.0. The van der Waals surface area contributed by atoms with Gasteiger partial charge in [-0.2, -0.15) is 10.4 Å². The lowest BCUT2D eigenvalue weighted by molar-refractivity contribution is -0.124. The fraction of sp³-hybridized carbons (Fsp3) is 0.528. The van der Waals surface area contributed by atoms with Gasteiger partial charge in [-0.05, 0) is 112 Å². The lowest BCUT2D eigenvalue weighted by Gasteiger charge is -2.35. The van der Waals surface area contributed by atoms with Crippen molar-refractivity contribution in [3.8, 4) is 22.9 Å². The normalized spacial score (nSPS) is 21.1. The molecule has 2 heterocycles. The number of anilines is 1. The molecule has 0 radical (unpaired) electrons. The van der Waals surface area contributed by atoms with Crippen molar-refractivity contribution in [2.24, 2.45) is 11.8 Å². The number of benzene rings is 1. The number of aliphatic hydroxyl groups is 1. The zero-order valence-corrected chi connectivity index (χ0v) is 27.6. The summed E-state index contributed by atoms with van der Waals surface area (Å²) in [5.41, 5.74) is 3.65. The number of amides is 2. The number of alkyl carbamates (subject to hydrolysis) is 1. The summed E-state index contributed by atoms with van der Waals surface area (Å²) in [6.07, 6.45) is 11.2. The molecule has 3 aromatic rings. The maximum absolute atomic E-state index is 14.3. The van der Waals surface area contributed by atoms with Crippen LogP contribution < -0.4 is 15.0 Å². The molecule has 5 rings (SSSR count). The van der Waals surface area contributed by atoms with Crippen LogP contribution in [-0.4, -0.2) is 64.8 Å². The van der Waals surface area contributed by atoms with Crippen LogP contribution in [-0.2, 0) is 9.53 Å². The van der Waals surface area contributed by atoms with E-state index in [-0.39, 0.29) is 37.1 Å². The second-order valence-corrected chi connectivity index (χ2v) is 13.0. The molecule has 2 aromatic heterocycles. The number of rotatable bonds is 11. The first-order valence-corrected chi connectivity index (χ1v) is 16.7. The Labute approximate surface area is 276 Å². The van der Waals surface area contributed by atoms with Crippen molar-refractivity contribution in [1.29, 1.82) is 5.26 Å². The van der Waals surface area contributed by atoms with Gasteiger partial charge in [-0.3, -0.25) is 14.4 Å². The maximum atomic E-state index is 14.3. The largest absolute Gasteiger partial charge is 0.495 e. The smallest absolute Gasteiger partial charge is 0.407 e. The van der Waals surface area contributed by atoms with E-state index in [0.29, 0.717) is 61.2 Å². The molecule has 2 fully saturated rings. The van der Waals surface area contributed by atoms with Crippen LogP contribution in [0.25, 0.3) is 11.1 Å². The highest BCUT2D eigenvalue weighted by Crippen LogP contribution is 2.39. The first kappa shape index (κ1) is 33.9. The van der Waals surface area contributed by atoms with Crippen molar-refractivity contribution < 1.29 is 24.2 Å². The summed E-state index contributed by atoms with van der Waals surface area (Å²) in [5, 5.41) is 25.6. The van der Waals surface area contributed by atoms with Crippen molar-refractivity contribution in [2.75, 3.05) is 31.7 Å². The molecular weight excluding hydrogens is 596 g/mol. The van der Waals surface area contributed by atoms with Crippen molar-refractivity contribution in [3.63, 3.8) is 0 Å². The van der Waals surface area contributed by atoms with E-state index in [1.165, 1.54) is 0 Å². The predicted octanol–water partition coefficient (Wildman–Crippen LogP) is 5.99. The lowest BCUT2D eigenvalue weighted by atomic mass is 9.78. The number of nitriles is 1. The van der Waals surface area contributed by atoms with Gasteiger partial charge >= 0.3 is 6.09 Å². The molecule has 2 N–H and O–H groups in total. The topological polar surface area (TPSA) is 143 Å². The average Bonchev–Trinajstić information content (AvgIpc) is 3.61. The lowest BCUT2D eigenvalue weighted by Crippen LogP contribution is -2.42. The van der Waals surface area contributed by atoms with Gasteiger partial charge in [0, 0.05) is 43.0 Å².